The maximum Gasteiger partial charge on any atom is 0.416 e. The summed E-state index contributed by atoms with van der Waals surface area (Å²) in [5, 5.41) is 13.8. The van der Waals surface area contributed by atoms with Crippen molar-refractivity contribution in [1.29, 1.82) is 0 Å². The van der Waals surface area contributed by atoms with Crippen LogP contribution in [0.4, 0.5) is 24.5 Å². The van der Waals surface area contributed by atoms with Crippen LogP contribution in [0.15, 0.2) is 48.8 Å². The molecule has 212 valence electrons. The highest BCUT2D eigenvalue weighted by atomic mass is 19.4. The van der Waals surface area contributed by atoms with Gasteiger partial charge >= 0.3 is 6.18 Å². The van der Waals surface area contributed by atoms with E-state index in [0.717, 1.165) is 34.6 Å². The van der Waals surface area contributed by atoms with Crippen molar-refractivity contribution >= 4 is 17.3 Å². The molecule has 0 bridgehead atoms. The largest absolute Gasteiger partial charge is 0.416 e. The Balaban J connectivity index is 1.44. The molecule has 11 heteroatoms. The van der Waals surface area contributed by atoms with Crippen LogP contribution in [0.25, 0.3) is 11.1 Å². The third-order valence-corrected chi connectivity index (χ3v) is 7.33. The van der Waals surface area contributed by atoms with E-state index in [2.05, 4.69) is 15.2 Å². The zero-order valence-electron chi connectivity index (χ0n) is 22.1. The highest BCUT2D eigenvalue weighted by Crippen LogP contribution is 2.34. The normalized spacial score (nSPS) is 17.5. The van der Waals surface area contributed by atoms with E-state index in [9.17, 15) is 23.1 Å². The predicted octanol–water partition coefficient (Wildman–Crippen LogP) is 4.64. The molecule has 4 heterocycles. The lowest BCUT2D eigenvalue weighted by atomic mass is 9.88. The maximum atomic E-state index is 13.1. The number of carbonyl (C=O) groups excluding carboxylic acids is 1. The molecule has 1 amide bonds. The van der Waals surface area contributed by atoms with E-state index < -0.39 is 23.2 Å². The number of morpholine rings is 1. The van der Waals surface area contributed by atoms with Gasteiger partial charge in [0.2, 0.25) is 0 Å². The molecule has 2 saturated heterocycles. The Kier molecular flexibility index (Phi) is 8.07. The van der Waals surface area contributed by atoms with Crippen molar-refractivity contribution in [2.24, 2.45) is 0 Å². The van der Waals surface area contributed by atoms with E-state index in [1.54, 1.807) is 12.3 Å². The van der Waals surface area contributed by atoms with Crippen molar-refractivity contribution in [2.45, 2.75) is 38.0 Å². The number of hydrogen-bond acceptors (Lipinski definition) is 7. The number of anilines is 2. The molecule has 2 aliphatic heterocycles. The Morgan fingerprint density at radius 1 is 1.05 bits per heavy atom. The minimum atomic E-state index is -4.55. The van der Waals surface area contributed by atoms with Crippen molar-refractivity contribution < 1.29 is 32.5 Å². The van der Waals surface area contributed by atoms with Crippen molar-refractivity contribution in [3.05, 3.63) is 71.3 Å². The van der Waals surface area contributed by atoms with Gasteiger partial charge in [-0.25, -0.2) is 0 Å². The standard InChI is InChI=1S/C29H31F3N4O4/c1-19-24(15-23(18-33-19)35-27(37)20-3-2-4-22(13-20)29(30,31)32)21-14-26(36-7-11-40-12-8-36)25(34-17-21)16-28(38)5-9-39-10-6-28/h2-4,13-15,17-18,38H,5-12,16H2,1H3,(H,35,37). The molecule has 0 atom stereocenters. The Morgan fingerprint density at radius 2 is 1.77 bits per heavy atom. The summed E-state index contributed by atoms with van der Waals surface area (Å²) >= 11 is 0. The Labute approximate surface area is 230 Å². The number of rotatable bonds is 6. The van der Waals surface area contributed by atoms with Crippen LogP contribution in [0.2, 0.25) is 0 Å². The highest BCUT2D eigenvalue weighted by molar-refractivity contribution is 6.04. The van der Waals surface area contributed by atoms with E-state index in [-0.39, 0.29) is 5.56 Å². The van der Waals surface area contributed by atoms with Gasteiger partial charge in [-0.05, 0) is 50.1 Å². The van der Waals surface area contributed by atoms with Gasteiger partial charge in [-0.3, -0.25) is 14.8 Å². The van der Waals surface area contributed by atoms with Crippen molar-refractivity contribution in [3.63, 3.8) is 0 Å². The van der Waals surface area contributed by atoms with Crippen molar-refractivity contribution in [3.8, 4) is 11.1 Å². The molecular weight excluding hydrogens is 525 g/mol. The molecule has 40 heavy (non-hydrogen) atoms. The third-order valence-electron chi connectivity index (χ3n) is 7.33. The second-order valence-corrected chi connectivity index (χ2v) is 10.2. The zero-order chi connectivity index (χ0) is 28.3. The van der Waals surface area contributed by atoms with Gasteiger partial charge in [0, 0.05) is 61.3 Å². The van der Waals surface area contributed by atoms with Gasteiger partial charge in [-0.15, -0.1) is 0 Å². The summed E-state index contributed by atoms with van der Waals surface area (Å²) in [4.78, 5) is 24.2. The summed E-state index contributed by atoms with van der Waals surface area (Å²) in [7, 11) is 0. The second-order valence-electron chi connectivity index (χ2n) is 10.2. The minimum Gasteiger partial charge on any atom is -0.389 e. The van der Waals surface area contributed by atoms with Crippen LogP contribution < -0.4 is 10.2 Å². The van der Waals surface area contributed by atoms with Gasteiger partial charge in [-0.1, -0.05) is 6.07 Å². The lowest BCUT2D eigenvalue weighted by Gasteiger charge is -2.35. The first-order chi connectivity index (χ1) is 19.1. The van der Waals surface area contributed by atoms with Crippen LogP contribution in [0.5, 0.6) is 0 Å². The number of pyridine rings is 2. The number of nitrogens with one attached hydrogen (secondary N) is 1. The molecule has 0 spiro atoms. The van der Waals surface area contributed by atoms with Gasteiger partial charge in [0.15, 0.2) is 0 Å². The minimum absolute atomic E-state index is 0.108. The molecule has 1 aromatic carbocycles. The fourth-order valence-corrected chi connectivity index (χ4v) is 5.02. The first-order valence-electron chi connectivity index (χ1n) is 13.2. The van der Waals surface area contributed by atoms with E-state index >= 15 is 0 Å². The zero-order valence-corrected chi connectivity index (χ0v) is 22.1. The molecule has 0 unspecified atom stereocenters. The van der Waals surface area contributed by atoms with Crippen LogP contribution in [-0.4, -0.2) is 66.1 Å². The van der Waals surface area contributed by atoms with Gasteiger partial charge in [0.1, 0.15) is 0 Å². The quantitative estimate of drug-likeness (QED) is 0.457. The maximum absolute atomic E-state index is 13.1. The number of nitrogens with zero attached hydrogens (tertiary/aromatic N) is 3. The molecule has 2 N–H and O–H groups in total. The van der Waals surface area contributed by atoms with E-state index in [1.807, 2.05) is 13.0 Å². The lowest BCUT2D eigenvalue weighted by Crippen LogP contribution is -2.40. The first kappa shape index (κ1) is 28.0. The number of halogens is 3. The number of aromatic nitrogens is 2. The van der Waals surface area contributed by atoms with Gasteiger partial charge in [0.25, 0.3) is 5.91 Å². The molecule has 0 saturated carbocycles. The fourth-order valence-electron chi connectivity index (χ4n) is 5.02. The van der Waals surface area contributed by atoms with Crippen LogP contribution in [0.3, 0.4) is 0 Å². The molecule has 8 nitrogen and oxygen atoms in total. The summed E-state index contributed by atoms with van der Waals surface area (Å²) in [5.74, 6) is -0.671. The topological polar surface area (TPSA) is 96.8 Å². The first-order valence-corrected chi connectivity index (χ1v) is 13.2. The van der Waals surface area contributed by atoms with Gasteiger partial charge in [-0.2, -0.15) is 13.2 Å². The molecule has 0 aliphatic carbocycles. The summed E-state index contributed by atoms with van der Waals surface area (Å²) in [5.41, 5.74) is 2.33. The van der Waals surface area contributed by atoms with Crippen LogP contribution in [0, 0.1) is 6.92 Å². The number of benzene rings is 1. The molecule has 3 aromatic rings. The second kappa shape index (κ2) is 11.5. The molecule has 2 fully saturated rings. The van der Waals surface area contributed by atoms with Crippen LogP contribution in [0.1, 0.15) is 40.2 Å². The fraction of sp³-hybridized carbons (Fsp3) is 0.414. The molecular formula is C29H31F3N4O4. The van der Waals surface area contributed by atoms with E-state index in [4.69, 9.17) is 14.5 Å². The molecule has 2 aliphatic rings. The predicted molar refractivity (Wildman–Crippen MR) is 143 cm³/mol. The van der Waals surface area contributed by atoms with Crippen molar-refractivity contribution in [2.75, 3.05) is 49.7 Å². The number of amides is 1. The summed E-state index contributed by atoms with van der Waals surface area (Å²) < 4.78 is 50.3. The number of ether oxygens (including phenoxy) is 2. The lowest BCUT2D eigenvalue weighted by molar-refractivity contribution is -0.137. The average molecular weight is 557 g/mol. The van der Waals surface area contributed by atoms with E-state index in [0.29, 0.717) is 70.2 Å². The summed E-state index contributed by atoms with van der Waals surface area (Å²) in [6.07, 6.45) is 0.117. The number of alkyl halides is 3. The number of aliphatic hydroxyl groups is 1. The summed E-state index contributed by atoms with van der Waals surface area (Å²) in [6.45, 7) is 5.38. The Bertz CT molecular complexity index is 1370. The average Bonchev–Trinajstić information content (AvgIpc) is 2.94. The van der Waals surface area contributed by atoms with Gasteiger partial charge < -0.3 is 24.8 Å². The monoisotopic (exact) mass is 556 g/mol. The summed E-state index contributed by atoms with van der Waals surface area (Å²) in [6, 6.07) is 8.02. The molecule has 2 aromatic heterocycles. The SMILES string of the molecule is Cc1ncc(NC(=O)c2cccc(C(F)(F)F)c2)cc1-c1cnc(CC2(O)CCOCC2)c(N2CCOCC2)c1. The third kappa shape index (κ3) is 6.43. The highest BCUT2D eigenvalue weighted by Gasteiger charge is 2.33. The Hall–Kier alpha value is -3.54. The molecule has 0 radical (unpaired) electrons. The number of aryl methyl sites for hydroxylation is 1. The van der Waals surface area contributed by atoms with E-state index in [1.165, 1.54) is 18.3 Å². The van der Waals surface area contributed by atoms with Gasteiger partial charge in [0.05, 0.1) is 47.6 Å². The van der Waals surface area contributed by atoms with Crippen LogP contribution >= 0.6 is 0 Å². The van der Waals surface area contributed by atoms with Crippen LogP contribution in [-0.2, 0) is 22.1 Å². The number of carbonyl (C=O) groups is 1. The smallest absolute Gasteiger partial charge is 0.389 e. The Morgan fingerprint density at radius 3 is 2.50 bits per heavy atom. The molecule has 5 rings (SSSR count). The number of hydrogen-bond donors (Lipinski definition) is 2. The van der Waals surface area contributed by atoms with Crippen molar-refractivity contribution in [1.82, 2.24) is 9.97 Å².